The van der Waals surface area contributed by atoms with Gasteiger partial charge in [-0.2, -0.15) is 0 Å². The average Bonchev–Trinajstić information content (AvgIpc) is 2.70. The topological polar surface area (TPSA) is 60.9 Å². The van der Waals surface area contributed by atoms with Crippen LogP contribution < -0.4 is 16.0 Å². The minimum absolute atomic E-state index is 0.327. The lowest BCUT2D eigenvalue weighted by Gasteiger charge is -2.31. The molecule has 3 N–H and O–H groups in total. The molecule has 2 unspecified atom stereocenters. The molecule has 0 bridgehead atoms. The highest BCUT2D eigenvalue weighted by molar-refractivity contribution is 5.79. The van der Waals surface area contributed by atoms with Crippen LogP contribution in [0, 0.1) is 5.92 Å². The number of aliphatic imine (C=N–C) groups is 1. The Morgan fingerprint density at radius 2 is 1.81 bits per heavy atom. The van der Waals surface area contributed by atoms with Crippen molar-refractivity contribution in [3.8, 4) is 0 Å². The molecule has 0 radical (unpaired) electrons. The molecule has 0 spiro atoms. The molecule has 0 aliphatic carbocycles. The Balaban J connectivity index is 1.88. The van der Waals surface area contributed by atoms with Gasteiger partial charge in [-0.3, -0.25) is 9.89 Å². The number of nitrogens with zero attached hydrogens (tertiary/aromatic N) is 2. The minimum atomic E-state index is 0.327. The first-order chi connectivity index (χ1) is 13.1. The third-order valence-electron chi connectivity index (χ3n) is 4.95. The average molecular weight is 376 g/mol. The molecule has 0 amide bonds. The van der Waals surface area contributed by atoms with Gasteiger partial charge >= 0.3 is 0 Å². The van der Waals surface area contributed by atoms with Crippen LogP contribution in [0.3, 0.4) is 0 Å². The number of guanidine groups is 1. The normalized spacial score (nSPS) is 18.2. The van der Waals surface area contributed by atoms with Crippen LogP contribution in [0.5, 0.6) is 0 Å². The fraction of sp³-hybridized carbons (Fsp3) is 0.667. The molecule has 1 fully saturated rings. The number of anilines is 1. The summed E-state index contributed by atoms with van der Waals surface area (Å²) in [6, 6.07) is 11.1. The van der Waals surface area contributed by atoms with Crippen LogP contribution in [-0.4, -0.2) is 68.9 Å². The molecule has 1 aliphatic heterocycles. The smallest absolute Gasteiger partial charge is 0.191 e. The molecule has 1 aliphatic rings. The van der Waals surface area contributed by atoms with E-state index in [9.17, 15) is 0 Å². The first-order valence-electron chi connectivity index (χ1n) is 10.3. The van der Waals surface area contributed by atoms with Crippen molar-refractivity contribution in [3.05, 3.63) is 30.3 Å². The van der Waals surface area contributed by atoms with E-state index in [1.54, 1.807) is 0 Å². The first-order valence-corrected chi connectivity index (χ1v) is 10.3. The Hall–Kier alpha value is -1.79. The van der Waals surface area contributed by atoms with E-state index in [4.69, 9.17) is 9.73 Å². The molecule has 6 heteroatoms. The van der Waals surface area contributed by atoms with Gasteiger partial charge in [0.15, 0.2) is 5.96 Å². The maximum atomic E-state index is 5.44. The maximum Gasteiger partial charge on any atom is 0.191 e. The third kappa shape index (κ3) is 7.77. The standard InChI is InChI=1S/C21H37N5O/c1-5-22-21(23-15-18(4)26-11-13-27-14-12-26)24-16-20(17(2)3)25-19-9-7-6-8-10-19/h6-10,17-18,20,25H,5,11-16H2,1-4H3,(H2,22,23,24). The van der Waals surface area contributed by atoms with Gasteiger partial charge in [-0.05, 0) is 31.9 Å². The summed E-state index contributed by atoms with van der Waals surface area (Å²) >= 11 is 0. The highest BCUT2D eigenvalue weighted by Crippen LogP contribution is 2.11. The van der Waals surface area contributed by atoms with E-state index in [1.807, 2.05) is 6.07 Å². The van der Waals surface area contributed by atoms with E-state index in [2.05, 4.69) is 72.8 Å². The van der Waals surface area contributed by atoms with E-state index < -0.39 is 0 Å². The number of rotatable bonds is 9. The molecule has 6 nitrogen and oxygen atoms in total. The summed E-state index contributed by atoms with van der Waals surface area (Å²) in [5, 5.41) is 10.5. The second-order valence-electron chi connectivity index (χ2n) is 7.46. The second kappa shape index (κ2) is 11.8. The highest BCUT2D eigenvalue weighted by atomic mass is 16.5. The minimum Gasteiger partial charge on any atom is -0.380 e. The quantitative estimate of drug-likeness (QED) is 0.457. The largest absolute Gasteiger partial charge is 0.380 e. The van der Waals surface area contributed by atoms with Gasteiger partial charge in [-0.1, -0.05) is 32.0 Å². The van der Waals surface area contributed by atoms with Gasteiger partial charge in [0.05, 0.1) is 19.8 Å². The van der Waals surface area contributed by atoms with Crippen molar-refractivity contribution >= 4 is 11.6 Å². The molecule has 1 aromatic carbocycles. The zero-order valence-electron chi connectivity index (χ0n) is 17.4. The summed E-state index contributed by atoms with van der Waals surface area (Å²) in [4.78, 5) is 7.26. The summed E-state index contributed by atoms with van der Waals surface area (Å²) in [7, 11) is 0. The molecule has 0 saturated carbocycles. The predicted octanol–water partition coefficient (Wildman–Crippen LogP) is 2.40. The van der Waals surface area contributed by atoms with Gasteiger partial charge in [0.1, 0.15) is 0 Å². The fourth-order valence-corrected chi connectivity index (χ4v) is 3.11. The van der Waals surface area contributed by atoms with E-state index in [-0.39, 0.29) is 0 Å². The SMILES string of the molecule is CCNC(=NCC(C)N1CCOCC1)NCC(Nc1ccccc1)C(C)C. The predicted molar refractivity (Wildman–Crippen MR) is 115 cm³/mol. The summed E-state index contributed by atoms with van der Waals surface area (Å²) < 4.78 is 5.44. The Morgan fingerprint density at radius 3 is 2.44 bits per heavy atom. The molecule has 27 heavy (non-hydrogen) atoms. The number of nitrogens with one attached hydrogen (secondary N) is 3. The van der Waals surface area contributed by atoms with E-state index in [1.165, 1.54) is 0 Å². The lowest BCUT2D eigenvalue weighted by Crippen LogP contribution is -2.46. The van der Waals surface area contributed by atoms with Crippen LogP contribution in [0.15, 0.2) is 35.3 Å². The zero-order valence-corrected chi connectivity index (χ0v) is 17.4. The molecule has 2 rings (SSSR count). The number of ether oxygens (including phenoxy) is 1. The van der Waals surface area contributed by atoms with Crippen molar-refractivity contribution < 1.29 is 4.74 Å². The summed E-state index contributed by atoms with van der Waals surface area (Å²) in [6.45, 7) is 14.9. The monoisotopic (exact) mass is 375 g/mol. The number of para-hydroxylation sites is 1. The molecule has 1 saturated heterocycles. The second-order valence-corrected chi connectivity index (χ2v) is 7.46. The van der Waals surface area contributed by atoms with E-state index in [0.29, 0.717) is 18.0 Å². The number of morpholine rings is 1. The highest BCUT2D eigenvalue weighted by Gasteiger charge is 2.17. The maximum absolute atomic E-state index is 5.44. The fourth-order valence-electron chi connectivity index (χ4n) is 3.11. The van der Waals surface area contributed by atoms with Gasteiger partial charge in [0.25, 0.3) is 0 Å². The Labute approximate surface area is 164 Å². The van der Waals surface area contributed by atoms with Gasteiger partial charge in [0.2, 0.25) is 0 Å². The summed E-state index contributed by atoms with van der Waals surface area (Å²) in [5.74, 6) is 1.39. The molecular weight excluding hydrogens is 338 g/mol. The van der Waals surface area contributed by atoms with Crippen molar-refractivity contribution in [1.82, 2.24) is 15.5 Å². The molecule has 1 aromatic rings. The Morgan fingerprint density at radius 1 is 1.11 bits per heavy atom. The molecular formula is C21H37N5O. The number of hydrogen-bond donors (Lipinski definition) is 3. The van der Waals surface area contributed by atoms with Crippen LogP contribution in [-0.2, 0) is 4.74 Å². The van der Waals surface area contributed by atoms with Crippen LogP contribution in [0.25, 0.3) is 0 Å². The van der Waals surface area contributed by atoms with Crippen LogP contribution in [0.1, 0.15) is 27.7 Å². The van der Waals surface area contributed by atoms with E-state index in [0.717, 1.165) is 57.6 Å². The lowest BCUT2D eigenvalue weighted by molar-refractivity contribution is 0.0220. The first kappa shape index (κ1) is 21.5. The Bertz CT molecular complexity index is 543. The van der Waals surface area contributed by atoms with Gasteiger partial charge in [-0.15, -0.1) is 0 Å². The summed E-state index contributed by atoms with van der Waals surface area (Å²) in [6.07, 6.45) is 0. The summed E-state index contributed by atoms with van der Waals surface area (Å²) in [5.41, 5.74) is 1.15. The van der Waals surface area contributed by atoms with Crippen molar-refractivity contribution in [2.45, 2.75) is 39.8 Å². The van der Waals surface area contributed by atoms with Gasteiger partial charge in [0, 0.05) is 44.0 Å². The molecule has 0 aromatic heterocycles. The van der Waals surface area contributed by atoms with Crippen molar-refractivity contribution in [3.63, 3.8) is 0 Å². The lowest BCUT2D eigenvalue weighted by atomic mass is 10.0. The van der Waals surface area contributed by atoms with Gasteiger partial charge < -0.3 is 20.7 Å². The van der Waals surface area contributed by atoms with Crippen molar-refractivity contribution in [2.24, 2.45) is 10.9 Å². The van der Waals surface area contributed by atoms with Crippen LogP contribution in [0.4, 0.5) is 5.69 Å². The molecule has 2 atom stereocenters. The number of benzene rings is 1. The van der Waals surface area contributed by atoms with Crippen molar-refractivity contribution in [2.75, 3.05) is 51.3 Å². The molecule has 152 valence electrons. The molecule has 1 heterocycles. The van der Waals surface area contributed by atoms with Crippen LogP contribution >= 0.6 is 0 Å². The van der Waals surface area contributed by atoms with Crippen molar-refractivity contribution in [1.29, 1.82) is 0 Å². The third-order valence-corrected chi connectivity index (χ3v) is 4.95. The van der Waals surface area contributed by atoms with Gasteiger partial charge in [-0.25, -0.2) is 0 Å². The zero-order chi connectivity index (χ0) is 19.5. The van der Waals surface area contributed by atoms with E-state index >= 15 is 0 Å². The Kier molecular flexibility index (Phi) is 9.42. The number of hydrogen-bond acceptors (Lipinski definition) is 4. The van der Waals surface area contributed by atoms with Crippen LogP contribution in [0.2, 0.25) is 0 Å².